The van der Waals surface area contributed by atoms with Gasteiger partial charge in [0.05, 0.1) is 13.7 Å². The van der Waals surface area contributed by atoms with Gasteiger partial charge in [-0.15, -0.1) is 0 Å². The second kappa shape index (κ2) is 13.0. The molecule has 7 nitrogen and oxygen atoms in total. The van der Waals surface area contributed by atoms with Crippen molar-refractivity contribution in [3.05, 3.63) is 18.3 Å². The number of aromatic nitrogens is 1. The zero-order valence-electron chi connectivity index (χ0n) is 15.1. The van der Waals surface area contributed by atoms with Crippen molar-refractivity contribution in [1.29, 1.82) is 0 Å². The lowest BCUT2D eigenvalue weighted by Crippen LogP contribution is -2.33. The summed E-state index contributed by atoms with van der Waals surface area (Å²) >= 11 is 0. The molecule has 1 amide bonds. The highest BCUT2D eigenvalue weighted by Gasteiger charge is 2.12. The smallest absolute Gasteiger partial charge is 0.414 e. The number of pyridine rings is 1. The molecule has 1 rings (SSSR count). The first-order chi connectivity index (χ1) is 12.2. The minimum absolute atomic E-state index is 0.0407. The summed E-state index contributed by atoms with van der Waals surface area (Å²) in [6, 6.07) is 3.27. The van der Waals surface area contributed by atoms with Crippen molar-refractivity contribution in [2.24, 2.45) is 0 Å². The Balaban J connectivity index is 2.10. The number of rotatable bonds is 12. The van der Waals surface area contributed by atoms with E-state index in [9.17, 15) is 9.59 Å². The van der Waals surface area contributed by atoms with E-state index in [1.165, 1.54) is 39.0 Å². The molecule has 0 aromatic carbocycles. The Bertz CT molecular complexity index is 522. The average Bonchev–Trinajstić information content (AvgIpc) is 2.62. The van der Waals surface area contributed by atoms with E-state index in [1.807, 2.05) is 0 Å². The summed E-state index contributed by atoms with van der Waals surface area (Å²) in [5, 5.41) is 2.33. The molecule has 0 spiro atoms. The van der Waals surface area contributed by atoms with Crippen molar-refractivity contribution in [2.45, 2.75) is 51.9 Å². The van der Waals surface area contributed by atoms with Crippen LogP contribution in [-0.2, 0) is 9.53 Å². The van der Waals surface area contributed by atoms with Crippen LogP contribution in [0.2, 0.25) is 0 Å². The molecule has 25 heavy (non-hydrogen) atoms. The third-order valence-electron chi connectivity index (χ3n) is 3.53. The van der Waals surface area contributed by atoms with E-state index in [0.717, 1.165) is 19.3 Å². The number of carbonyl (C=O) groups excluding carboxylic acids is 2. The highest BCUT2D eigenvalue weighted by Crippen LogP contribution is 2.22. The van der Waals surface area contributed by atoms with Crippen LogP contribution in [-0.4, -0.2) is 37.3 Å². The number of esters is 1. The molecule has 0 bridgehead atoms. The third-order valence-corrected chi connectivity index (χ3v) is 3.53. The van der Waals surface area contributed by atoms with Gasteiger partial charge in [-0.25, -0.2) is 9.78 Å². The summed E-state index contributed by atoms with van der Waals surface area (Å²) in [5.74, 6) is -0.117. The van der Waals surface area contributed by atoms with Gasteiger partial charge < -0.3 is 19.5 Å². The van der Waals surface area contributed by atoms with Crippen molar-refractivity contribution in [3.63, 3.8) is 0 Å². The molecule has 0 aliphatic heterocycles. The fourth-order valence-electron chi connectivity index (χ4n) is 2.17. The number of carbonyl (C=O) groups is 2. The van der Waals surface area contributed by atoms with Crippen LogP contribution in [0.15, 0.2) is 18.3 Å². The van der Waals surface area contributed by atoms with Gasteiger partial charge in [0.2, 0.25) is 0 Å². The molecule has 0 aliphatic carbocycles. The summed E-state index contributed by atoms with van der Waals surface area (Å²) in [5.41, 5.74) is 0. The van der Waals surface area contributed by atoms with E-state index in [1.54, 1.807) is 12.1 Å². The largest absolute Gasteiger partial charge is 0.491 e. The third kappa shape index (κ3) is 9.54. The van der Waals surface area contributed by atoms with Crippen LogP contribution in [0.25, 0.3) is 0 Å². The maximum absolute atomic E-state index is 11.6. The number of hydrogen-bond acceptors (Lipinski definition) is 6. The summed E-state index contributed by atoms with van der Waals surface area (Å²) in [6.07, 6.45) is 8.75. The first-order valence-electron chi connectivity index (χ1n) is 8.77. The molecule has 0 aliphatic rings. The van der Waals surface area contributed by atoms with Crippen molar-refractivity contribution in [1.82, 2.24) is 10.3 Å². The van der Waals surface area contributed by atoms with Crippen LogP contribution in [0, 0.1) is 0 Å². The molecule has 1 aromatic rings. The summed E-state index contributed by atoms with van der Waals surface area (Å²) in [4.78, 5) is 27.1. The Morgan fingerprint density at radius 3 is 2.56 bits per heavy atom. The molecular formula is C18H28N2O5. The van der Waals surface area contributed by atoms with Crippen molar-refractivity contribution >= 4 is 12.1 Å². The zero-order chi connectivity index (χ0) is 18.3. The molecule has 0 radical (unpaired) electrons. The molecule has 0 fully saturated rings. The number of ether oxygens (including phenoxy) is 3. The molecule has 1 N–H and O–H groups in total. The van der Waals surface area contributed by atoms with Crippen LogP contribution in [0.3, 0.4) is 0 Å². The standard InChI is InChI=1S/C18H28N2O5/c1-3-4-5-6-7-8-9-13-24-16(21)14-20-18(22)25-17-15(23-2)11-10-12-19-17/h10-12H,3-9,13-14H2,1-2H3,(H,20,22). The predicted molar refractivity (Wildman–Crippen MR) is 93.8 cm³/mol. The Morgan fingerprint density at radius 1 is 1.12 bits per heavy atom. The van der Waals surface area contributed by atoms with Crippen LogP contribution in [0.1, 0.15) is 51.9 Å². The van der Waals surface area contributed by atoms with Crippen LogP contribution >= 0.6 is 0 Å². The molecule has 0 saturated carbocycles. The van der Waals surface area contributed by atoms with E-state index in [2.05, 4.69) is 17.2 Å². The quantitative estimate of drug-likeness (QED) is 0.458. The van der Waals surface area contributed by atoms with Gasteiger partial charge in [0.25, 0.3) is 5.88 Å². The van der Waals surface area contributed by atoms with Gasteiger partial charge in [-0.3, -0.25) is 4.79 Å². The lowest BCUT2D eigenvalue weighted by molar-refractivity contribution is -0.142. The fraction of sp³-hybridized carbons (Fsp3) is 0.611. The van der Waals surface area contributed by atoms with Gasteiger partial charge in [-0.05, 0) is 18.6 Å². The topological polar surface area (TPSA) is 86.8 Å². The Morgan fingerprint density at radius 2 is 1.84 bits per heavy atom. The minimum atomic E-state index is -0.787. The predicted octanol–water partition coefficient (Wildman–Crippen LogP) is 3.47. The second-order valence-electron chi connectivity index (χ2n) is 5.60. The van der Waals surface area contributed by atoms with Crippen LogP contribution in [0.5, 0.6) is 11.6 Å². The monoisotopic (exact) mass is 352 g/mol. The maximum Gasteiger partial charge on any atom is 0.414 e. The number of methoxy groups -OCH3 is 1. The van der Waals surface area contributed by atoms with Gasteiger partial charge in [-0.1, -0.05) is 45.4 Å². The van der Waals surface area contributed by atoms with Gasteiger partial charge >= 0.3 is 12.1 Å². The number of nitrogens with one attached hydrogen (secondary N) is 1. The maximum atomic E-state index is 11.6. The molecular weight excluding hydrogens is 324 g/mol. The second-order valence-corrected chi connectivity index (χ2v) is 5.60. The molecule has 1 heterocycles. The lowest BCUT2D eigenvalue weighted by Gasteiger charge is -2.09. The van der Waals surface area contributed by atoms with E-state index in [0.29, 0.717) is 12.4 Å². The molecule has 140 valence electrons. The van der Waals surface area contributed by atoms with E-state index < -0.39 is 12.1 Å². The minimum Gasteiger partial charge on any atom is -0.491 e. The molecule has 7 heteroatoms. The molecule has 1 aromatic heterocycles. The highest BCUT2D eigenvalue weighted by molar-refractivity contribution is 5.78. The van der Waals surface area contributed by atoms with Crippen molar-refractivity contribution in [3.8, 4) is 11.6 Å². The van der Waals surface area contributed by atoms with Gasteiger partial charge in [0, 0.05) is 6.20 Å². The first kappa shape index (κ1) is 20.7. The molecule has 0 saturated heterocycles. The van der Waals surface area contributed by atoms with E-state index in [4.69, 9.17) is 14.2 Å². The van der Waals surface area contributed by atoms with Gasteiger partial charge in [0.15, 0.2) is 5.75 Å². The lowest BCUT2D eigenvalue weighted by atomic mass is 10.1. The highest BCUT2D eigenvalue weighted by atomic mass is 16.6. The summed E-state index contributed by atoms with van der Waals surface area (Å²) < 4.78 is 15.1. The normalized spacial score (nSPS) is 10.2. The Hall–Kier alpha value is -2.31. The number of nitrogens with zero attached hydrogens (tertiary/aromatic N) is 1. The first-order valence-corrected chi connectivity index (χ1v) is 8.77. The summed E-state index contributed by atoms with van der Waals surface area (Å²) in [6.45, 7) is 2.32. The van der Waals surface area contributed by atoms with Crippen LogP contribution in [0.4, 0.5) is 4.79 Å². The average molecular weight is 352 g/mol. The Kier molecular flexibility index (Phi) is 10.8. The van der Waals surface area contributed by atoms with Crippen molar-refractivity contribution < 1.29 is 23.8 Å². The van der Waals surface area contributed by atoms with E-state index in [-0.39, 0.29) is 12.4 Å². The number of hydrogen-bond donors (Lipinski definition) is 1. The van der Waals surface area contributed by atoms with Gasteiger partial charge in [-0.2, -0.15) is 0 Å². The SMILES string of the molecule is CCCCCCCCCOC(=O)CNC(=O)Oc1ncccc1OC. The number of amides is 1. The Labute approximate surface area is 149 Å². The number of unbranched alkanes of at least 4 members (excludes halogenated alkanes) is 6. The zero-order valence-corrected chi connectivity index (χ0v) is 15.1. The van der Waals surface area contributed by atoms with Crippen molar-refractivity contribution in [2.75, 3.05) is 20.3 Å². The van der Waals surface area contributed by atoms with Crippen LogP contribution < -0.4 is 14.8 Å². The fourth-order valence-corrected chi connectivity index (χ4v) is 2.17. The molecule has 0 unspecified atom stereocenters. The van der Waals surface area contributed by atoms with Gasteiger partial charge in [0.1, 0.15) is 6.54 Å². The summed E-state index contributed by atoms with van der Waals surface area (Å²) in [7, 11) is 1.45. The van der Waals surface area contributed by atoms with E-state index >= 15 is 0 Å². The molecule has 0 atom stereocenters.